The molecule has 1 atom stereocenters. The molecule has 0 saturated carbocycles. The first-order valence-corrected chi connectivity index (χ1v) is 3.87. The van der Waals surface area contributed by atoms with Gasteiger partial charge in [-0.2, -0.15) is 0 Å². The fourth-order valence-corrected chi connectivity index (χ4v) is 1.21. The van der Waals surface area contributed by atoms with Gasteiger partial charge in [-0.25, -0.2) is 9.37 Å². The zero-order valence-electron chi connectivity index (χ0n) is 5.81. The van der Waals surface area contributed by atoms with Crippen LogP contribution in [-0.2, 0) is 0 Å². The summed E-state index contributed by atoms with van der Waals surface area (Å²) in [4.78, 5) is 3.61. The maximum absolute atomic E-state index is 12.5. The molecular formula is C7H6Cl2FN. The van der Waals surface area contributed by atoms with Crippen LogP contribution in [0.2, 0.25) is 5.15 Å². The fourth-order valence-electron chi connectivity index (χ4n) is 0.717. The molecule has 1 aromatic heterocycles. The second kappa shape index (κ2) is 3.37. The topological polar surface area (TPSA) is 12.9 Å². The highest BCUT2D eigenvalue weighted by atomic mass is 35.5. The van der Waals surface area contributed by atoms with E-state index in [0.717, 1.165) is 6.20 Å². The zero-order valence-corrected chi connectivity index (χ0v) is 7.33. The molecule has 0 spiro atoms. The minimum atomic E-state index is -0.420. The van der Waals surface area contributed by atoms with Crippen LogP contribution in [0.1, 0.15) is 17.9 Å². The first-order valence-electron chi connectivity index (χ1n) is 3.06. The molecule has 11 heavy (non-hydrogen) atoms. The van der Waals surface area contributed by atoms with Gasteiger partial charge < -0.3 is 0 Å². The maximum Gasteiger partial charge on any atom is 0.141 e. The average Bonchev–Trinajstić information content (AvgIpc) is 1.94. The van der Waals surface area contributed by atoms with E-state index in [9.17, 15) is 4.39 Å². The largest absolute Gasteiger partial charge is 0.241 e. The second-order valence-electron chi connectivity index (χ2n) is 2.15. The van der Waals surface area contributed by atoms with E-state index in [1.165, 1.54) is 6.07 Å². The predicted molar refractivity (Wildman–Crippen MR) is 43.5 cm³/mol. The third kappa shape index (κ3) is 2.04. The number of hydrogen-bond donors (Lipinski definition) is 0. The molecular weight excluding hydrogens is 188 g/mol. The van der Waals surface area contributed by atoms with Crippen molar-refractivity contribution in [2.45, 2.75) is 12.3 Å². The van der Waals surface area contributed by atoms with Crippen LogP contribution in [0.15, 0.2) is 12.3 Å². The molecule has 1 unspecified atom stereocenters. The number of pyridine rings is 1. The van der Waals surface area contributed by atoms with Crippen molar-refractivity contribution in [1.82, 2.24) is 4.98 Å². The van der Waals surface area contributed by atoms with Crippen LogP contribution in [-0.4, -0.2) is 4.98 Å². The van der Waals surface area contributed by atoms with E-state index in [1.807, 2.05) is 0 Å². The van der Waals surface area contributed by atoms with Gasteiger partial charge >= 0.3 is 0 Å². The summed E-state index contributed by atoms with van der Waals surface area (Å²) in [6, 6.07) is 1.28. The summed E-state index contributed by atoms with van der Waals surface area (Å²) in [5, 5.41) is -0.0559. The quantitative estimate of drug-likeness (QED) is 0.494. The Labute approximate surface area is 74.2 Å². The minimum Gasteiger partial charge on any atom is -0.241 e. The third-order valence-electron chi connectivity index (χ3n) is 1.26. The van der Waals surface area contributed by atoms with Gasteiger partial charge in [0.15, 0.2) is 0 Å². The Morgan fingerprint density at radius 2 is 2.27 bits per heavy atom. The molecule has 60 valence electrons. The van der Waals surface area contributed by atoms with E-state index in [0.29, 0.717) is 5.56 Å². The van der Waals surface area contributed by atoms with E-state index in [2.05, 4.69) is 4.98 Å². The van der Waals surface area contributed by atoms with Gasteiger partial charge in [0, 0.05) is 5.56 Å². The molecule has 0 aliphatic carbocycles. The maximum atomic E-state index is 12.5. The molecule has 0 radical (unpaired) electrons. The first-order chi connectivity index (χ1) is 5.11. The van der Waals surface area contributed by atoms with Crippen molar-refractivity contribution in [2.24, 2.45) is 0 Å². The van der Waals surface area contributed by atoms with Gasteiger partial charge in [0.2, 0.25) is 0 Å². The zero-order chi connectivity index (χ0) is 8.43. The van der Waals surface area contributed by atoms with Crippen LogP contribution in [0, 0.1) is 5.82 Å². The SMILES string of the molecule is CC(Cl)c1cc(F)cnc1Cl. The molecule has 0 N–H and O–H groups in total. The van der Waals surface area contributed by atoms with Crippen LogP contribution in [0.5, 0.6) is 0 Å². The molecule has 0 amide bonds. The van der Waals surface area contributed by atoms with Crippen molar-refractivity contribution in [3.63, 3.8) is 0 Å². The van der Waals surface area contributed by atoms with Crippen molar-refractivity contribution in [3.8, 4) is 0 Å². The first kappa shape index (κ1) is 8.75. The average molecular weight is 194 g/mol. The van der Waals surface area contributed by atoms with Gasteiger partial charge in [0.1, 0.15) is 11.0 Å². The van der Waals surface area contributed by atoms with E-state index < -0.39 is 5.82 Å². The van der Waals surface area contributed by atoms with E-state index >= 15 is 0 Å². The van der Waals surface area contributed by atoms with Crippen LogP contribution < -0.4 is 0 Å². The standard InChI is InChI=1S/C7H6Cl2FN/c1-4(8)6-2-5(10)3-11-7(6)9/h2-4H,1H3. The number of nitrogens with zero attached hydrogens (tertiary/aromatic N) is 1. The minimum absolute atomic E-state index is 0.258. The summed E-state index contributed by atoms with van der Waals surface area (Å²) >= 11 is 11.3. The molecule has 1 rings (SSSR count). The smallest absolute Gasteiger partial charge is 0.141 e. The summed E-state index contributed by atoms with van der Waals surface area (Å²) < 4.78 is 12.5. The fraction of sp³-hybridized carbons (Fsp3) is 0.286. The summed E-state index contributed by atoms with van der Waals surface area (Å²) in [5.74, 6) is -0.420. The van der Waals surface area contributed by atoms with Crippen molar-refractivity contribution in [3.05, 3.63) is 28.8 Å². The van der Waals surface area contributed by atoms with Gasteiger partial charge in [-0.1, -0.05) is 11.6 Å². The molecule has 0 aliphatic heterocycles. The van der Waals surface area contributed by atoms with Crippen molar-refractivity contribution < 1.29 is 4.39 Å². The van der Waals surface area contributed by atoms with Gasteiger partial charge in [0.25, 0.3) is 0 Å². The van der Waals surface area contributed by atoms with Gasteiger partial charge in [-0.05, 0) is 13.0 Å². The Hall–Kier alpha value is -0.340. The molecule has 0 fully saturated rings. The lowest BCUT2D eigenvalue weighted by Gasteiger charge is -2.03. The van der Waals surface area contributed by atoms with Gasteiger partial charge in [0.05, 0.1) is 11.6 Å². The molecule has 0 aromatic carbocycles. The van der Waals surface area contributed by atoms with E-state index in [1.54, 1.807) is 6.92 Å². The van der Waals surface area contributed by atoms with E-state index in [-0.39, 0.29) is 10.5 Å². The van der Waals surface area contributed by atoms with E-state index in [4.69, 9.17) is 23.2 Å². The Kier molecular flexibility index (Phi) is 2.68. The number of rotatable bonds is 1. The second-order valence-corrected chi connectivity index (χ2v) is 3.16. The number of alkyl halides is 1. The lowest BCUT2D eigenvalue weighted by atomic mass is 10.2. The summed E-state index contributed by atoms with van der Waals surface area (Å²) in [7, 11) is 0. The number of hydrogen-bond acceptors (Lipinski definition) is 1. The van der Waals surface area contributed by atoms with Crippen molar-refractivity contribution in [1.29, 1.82) is 0 Å². The molecule has 0 bridgehead atoms. The highest BCUT2D eigenvalue weighted by Gasteiger charge is 2.08. The van der Waals surface area contributed by atoms with Crippen molar-refractivity contribution in [2.75, 3.05) is 0 Å². The molecule has 1 nitrogen and oxygen atoms in total. The Morgan fingerprint density at radius 3 is 2.73 bits per heavy atom. The normalized spacial score (nSPS) is 13.1. The molecule has 0 aliphatic rings. The highest BCUT2D eigenvalue weighted by Crippen LogP contribution is 2.25. The predicted octanol–water partition coefficient (Wildman–Crippen LogP) is 3.17. The number of aromatic nitrogens is 1. The highest BCUT2D eigenvalue weighted by molar-refractivity contribution is 6.31. The third-order valence-corrected chi connectivity index (χ3v) is 1.81. The monoisotopic (exact) mass is 193 g/mol. The van der Waals surface area contributed by atoms with Crippen LogP contribution >= 0.6 is 23.2 Å². The summed E-state index contributed by atoms with van der Waals surface area (Å²) in [5.41, 5.74) is 0.522. The lowest BCUT2D eigenvalue weighted by molar-refractivity contribution is 0.618. The molecule has 0 saturated heterocycles. The Balaban J connectivity index is 3.13. The lowest BCUT2D eigenvalue weighted by Crippen LogP contribution is -1.90. The van der Waals surface area contributed by atoms with Crippen LogP contribution in [0.25, 0.3) is 0 Å². The van der Waals surface area contributed by atoms with Gasteiger partial charge in [-0.3, -0.25) is 0 Å². The number of halogens is 3. The van der Waals surface area contributed by atoms with Crippen molar-refractivity contribution >= 4 is 23.2 Å². The van der Waals surface area contributed by atoms with Crippen LogP contribution in [0.4, 0.5) is 4.39 Å². The Morgan fingerprint density at radius 1 is 1.64 bits per heavy atom. The molecule has 1 aromatic rings. The molecule has 4 heteroatoms. The van der Waals surface area contributed by atoms with Gasteiger partial charge in [-0.15, -0.1) is 11.6 Å². The Bertz CT molecular complexity index is 263. The van der Waals surface area contributed by atoms with Crippen LogP contribution in [0.3, 0.4) is 0 Å². The summed E-state index contributed by atoms with van der Waals surface area (Å²) in [6.45, 7) is 1.71. The molecule has 1 heterocycles. The summed E-state index contributed by atoms with van der Waals surface area (Å²) in [6.07, 6.45) is 1.06.